The summed E-state index contributed by atoms with van der Waals surface area (Å²) >= 11 is 3.45. The van der Waals surface area contributed by atoms with Crippen molar-refractivity contribution in [1.29, 1.82) is 0 Å². The van der Waals surface area contributed by atoms with Crippen LogP contribution in [0, 0.1) is 0 Å². The van der Waals surface area contributed by atoms with Gasteiger partial charge in [-0.2, -0.15) is 0 Å². The SMILES string of the molecule is CCCn1cc(Br)cc1C(=O)NCCCN1CCCCC1. The summed E-state index contributed by atoms with van der Waals surface area (Å²) in [5.74, 6) is 0.0350. The molecule has 1 aromatic rings. The molecule has 0 aliphatic carbocycles. The van der Waals surface area contributed by atoms with Gasteiger partial charge in [0, 0.05) is 23.8 Å². The predicted octanol–water partition coefficient (Wildman–Crippen LogP) is 3.27. The van der Waals surface area contributed by atoms with Crippen LogP contribution in [0.1, 0.15) is 49.5 Å². The first kappa shape index (κ1) is 16.6. The lowest BCUT2D eigenvalue weighted by Gasteiger charge is -2.26. The summed E-state index contributed by atoms with van der Waals surface area (Å²) in [4.78, 5) is 14.7. The highest BCUT2D eigenvalue weighted by Crippen LogP contribution is 2.15. The van der Waals surface area contributed by atoms with Gasteiger partial charge in [0.05, 0.1) is 0 Å². The van der Waals surface area contributed by atoms with Gasteiger partial charge in [-0.25, -0.2) is 0 Å². The van der Waals surface area contributed by atoms with Crippen molar-refractivity contribution >= 4 is 21.8 Å². The highest BCUT2D eigenvalue weighted by atomic mass is 79.9. The van der Waals surface area contributed by atoms with Crippen LogP contribution >= 0.6 is 15.9 Å². The van der Waals surface area contributed by atoms with E-state index in [-0.39, 0.29) is 5.91 Å². The van der Waals surface area contributed by atoms with Crippen LogP contribution in [0.2, 0.25) is 0 Å². The molecule has 0 aromatic carbocycles. The molecule has 1 aromatic heterocycles. The van der Waals surface area contributed by atoms with E-state index >= 15 is 0 Å². The van der Waals surface area contributed by atoms with E-state index in [1.54, 1.807) is 0 Å². The van der Waals surface area contributed by atoms with Crippen LogP contribution in [0.4, 0.5) is 0 Å². The maximum absolute atomic E-state index is 12.2. The number of carbonyl (C=O) groups is 1. The van der Waals surface area contributed by atoms with Crippen LogP contribution in [0.5, 0.6) is 0 Å². The number of nitrogens with one attached hydrogen (secondary N) is 1. The molecule has 21 heavy (non-hydrogen) atoms. The first-order chi connectivity index (χ1) is 10.2. The fourth-order valence-electron chi connectivity index (χ4n) is 2.87. The molecule has 0 bridgehead atoms. The average molecular weight is 356 g/mol. The minimum absolute atomic E-state index is 0.0350. The van der Waals surface area contributed by atoms with Gasteiger partial charge in [-0.3, -0.25) is 4.79 Å². The number of likely N-dealkylation sites (tertiary alicyclic amines) is 1. The molecule has 4 nitrogen and oxygen atoms in total. The lowest BCUT2D eigenvalue weighted by Crippen LogP contribution is -2.33. The van der Waals surface area contributed by atoms with Crippen LogP contribution in [0.15, 0.2) is 16.7 Å². The molecule has 1 amide bonds. The van der Waals surface area contributed by atoms with Crippen LogP contribution in [-0.2, 0) is 6.54 Å². The molecule has 118 valence electrons. The Balaban J connectivity index is 1.73. The largest absolute Gasteiger partial charge is 0.351 e. The summed E-state index contributed by atoms with van der Waals surface area (Å²) in [7, 11) is 0. The Morgan fingerprint density at radius 3 is 2.76 bits per heavy atom. The number of aromatic nitrogens is 1. The van der Waals surface area contributed by atoms with Crippen molar-refractivity contribution in [2.75, 3.05) is 26.2 Å². The van der Waals surface area contributed by atoms with Crippen molar-refractivity contribution in [2.45, 2.75) is 45.6 Å². The van der Waals surface area contributed by atoms with Gasteiger partial charge < -0.3 is 14.8 Å². The molecular formula is C16H26BrN3O. The first-order valence-electron chi connectivity index (χ1n) is 8.07. The third-order valence-corrected chi connectivity index (χ3v) is 4.38. The molecule has 2 heterocycles. The Labute approximate surface area is 136 Å². The van der Waals surface area contributed by atoms with Gasteiger partial charge in [0.15, 0.2) is 0 Å². The highest BCUT2D eigenvalue weighted by molar-refractivity contribution is 9.10. The monoisotopic (exact) mass is 355 g/mol. The van der Waals surface area contributed by atoms with Crippen molar-refractivity contribution in [3.8, 4) is 0 Å². The van der Waals surface area contributed by atoms with Crippen LogP contribution < -0.4 is 5.32 Å². The molecule has 0 saturated carbocycles. The van der Waals surface area contributed by atoms with E-state index in [1.165, 1.54) is 32.4 Å². The topological polar surface area (TPSA) is 37.3 Å². The van der Waals surface area contributed by atoms with E-state index in [1.807, 2.05) is 16.8 Å². The van der Waals surface area contributed by atoms with Gasteiger partial charge in [0.25, 0.3) is 5.91 Å². The van der Waals surface area contributed by atoms with Crippen molar-refractivity contribution in [3.63, 3.8) is 0 Å². The van der Waals surface area contributed by atoms with E-state index in [4.69, 9.17) is 0 Å². The summed E-state index contributed by atoms with van der Waals surface area (Å²) in [6.45, 7) is 7.29. The quantitative estimate of drug-likeness (QED) is 0.762. The van der Waals surface area contributed by atoms with Gasteiger partial charge >= 0.3 is 0 Å². The molecule has 1 aliphatic heterocycles. The Morgan fingerprint density at radius 1 is 1.29 bits per heavy atom. The number of piperidine rings is 1. The van der Waals surface area contributed by atoms with Gasteiger partial charge in [0.1, 0.15) is 5.69 Å². The fourth-order valence-corrected chi connectivity index (χ4v) is 3.33. The van der Waals surface area contributed by atoms with E-state index < -0.39 is 0 Å². The molecule has 0 unspecified atom stereocenters. The molecule has 0 radical (unpaired) electrons. The second-order valence-corrected chi connectivity index (χ2v) is 6.66. The Morgan fingerprint density at radius 2 is 2.05 bits per heavy atom. The summed E-state index contributed by atoms with van der Waals surface area (Å²) in [5, 5.41) is 3.04. The van der Waals surface area contributed by atoms with E-state index in [0.29, 0.717) is 0 Å². The average Bonchev–Trinajstić information content (AvgIpc) is 2.86. The second kappa shape index (κ2) is 8.59. The van der Waals surface area contributed by atoms with Crippen LogP contribution in [0.25, 0.3) is 0 Å². The molecule has 1 fully saturated rings. The minimum Gasteiger partial charge on any atom is -0.351 e. The summed E-state index contributed by atoms with van der Waals surface area (Å²) in [5.41, 5.74) is 0.752. The highest BCUT2D eigenvalue weighted by Gasteiger charge is 2.13. The summed E-state index contributed by atoms with van der Waals surface area (Å²) in [6, 6.07) is 1.90. The van der Waals surface area contributed by atoms with Gasteiger partial charge in [0.2, 0.25) is 0 Å². The number of nitrogens with zero attached hydrogens (tertiary/aromatic N) is 2. The number of carbonyl (C=O) groups excluding carboxylic acids is 1. The number of rotatable bonds is 7. The number of hydrogen-bond acceptors (Lipinski definition) is 2. The zero-order valence-corrected chi connectivity index (χ0v) is 14.5. The second-order valence-electron chi connectivity index (χ2n) is 5.75. The Hall–Kier alpha value is -0.810. The van der Waals surface area contributed by atoms with Gasteiger partial charge in [-0.1, -0.05) is 13.3 Å². The predicted molar refractivity (Wildman–Crippen MR) is 89.7 cm³/mol. The molecule has 0 atom stereocenters. The minimum atomic E-state index is 0.0350. The fraction of sp³-hybridized carbons (Fsp3) is 0.688. The number of halogens is 1. The number of aryl methyl sites for hydroxylation is 1. The molecule has 1 aliphatic rings. The Bertz CT molecular complexity index is 452. The van der Waals surface area contributed by atoms with E-state index in [0.717, 1.165) is 42.6 Å². The molecule has 1 saturated heterocycles. The van der Waals surface area contributed by atoms with Crippen molar-refractivity contribution in [1.82, 2.24) is 14.8 Å². The molecule has 1 N–H and O–H groups in total. The van der Waals surface area contributed by atoms with Gasteiger partial charge in [-0.05, 0) is 67.3 Å². The number of hydrogen-bond donors (Lipinski definition) is 1. The smallest absolute Gasteiger partial charge is 0.267 e. The normalized spacial score (nSPS) is 16.1. The first-order valence-corrected chi connectivity index (χ1v) is 8.86. The zero-order valence-electron chi connectivity index (χ0n) is 12.9. The summed E-state index contributed by atoms with van der Waals surface area (Å²) < 4.78 is 2.98. The molecule has 0 spiro atoms. The van der Waals surface area contributed by atoms with Gasteiger partial charge in [-0.15, -0.1) is 0 Å². The van der Waals surface area contributed by atoms with Crippen LogP contribution in [0.3, 0.4) is 0 Å². The third kappa shape index (κ3) is 5.15. The maximum Gasteiger partial charge on any atom is 0.267 e. The number of amides is 1. The van der Waals surface area contributed by atoms with Crippen LogP contribution in [-0.4, -0.2) is 41.6 Å². The zero-order chi connectivity index (χ0) is 15.1. The Kier molecular flexibility index (Phi) is 6.77. The molecular weight excluding hydrogens is 330 g/mol. The lowest BCUT2D eigenvalue weighted by atomic mass is 10.1. The van der Waals surface area contributed by atoms with E-state index in [9.17, 15) is 4.79 Å². The summed E-state index contributed by atoms with van der Waals surface area (Å²) in [6.07, 6.45) is 8.05. The molecule has 2 rings (SSSR count). The third-order valence-electron chi connectivity index (χ3n) is 3.95. The standard InChI is InChI=1S/C16H26BrN3O/c1-2-8-20-13-14(17)12-15(20)16(21)18-7-6-11-19-9-4-3-5-10-19/h12-13H,2-11H2,1H3,(H,18,21). The van der Waals surface area contributed by atoms with Crippen molar-refractivity contribution in [2.24, 2.45) is 0 Å². The van der Waals surface area contributed by atoms with Crippen molar-refractivity contribution < 1.29 is 4.79 Å². The molecule has 5 heteroatoms. The lowest BCUT2D eigenvalue weighted by molar-refractivity contribution is 0.0941. The van der Waals surface area contributed by atoms with E-state index in [2.05, 4.69) is 33.1 Å². The maximum atomic E-state index is 12.2. The van der Waals surface area contributed by atoms with Crippen molar-refractivity contribution in [3.05, 3.63) is 22.4 Å².